The number of aromatic carboxylic acids is 1. The fourth-order valence-corrected chi connectivity index (χ4v) is 6.25. The zero-order valence-corrected chi connectivity index (χ0v) is 27.3. The first-order valence-electron chi connectivity index (χ1n) is 16.8. The van der Waals surface area contributed by atoms with Crippen LogP contribution in [0.1, 0.15) is 36.0 Å². The van der Waals surface area contributed by atoms with Gasteiger partial charge in [-0.15, -0.1) is 0 Å². The van der Waals surface area contributed by atoms with Gasteiger partial charge in [0.25, 0.3) is 0 Å². The highest BCUT2D eigenvalue weighted by Gasteiger charge is 2.12. The first kappa shape index (κ1) is 31.8. The summed E-state index contributed by atoms with van der Waals surface area (Å²) in [7, 11) is 0. The van der Waals surface area contributed by atoms with Crippen molar-refractivity contribution < 1.29 is 28.8 Å². The molecule has 0 saturated heterocycles. The largest absolute Gasteiger partial charge is 0.493 e. The van der Waals surface area contributed by atoms with Crippen molar-refractivity contribution in [3.8, 4) is 23.0 Å². The first-order chi connectivity index (χ1) is 24.1. The molecular weight excluding hydrogens is 612 g/mol. The lowest BCUT2D eigenvalue weighted by Gasteiger charge is -2.14. The number of rotatable bonds is 15. The predicted molar refractivity (Wildman–Crippen MR) is 197 cm³/mol. The molecule has 49 heavy (non-hydrogen) atoms. The van der Waals surface area contributed by atoms with Crippen molar-refractivity contribution in [3.63, 3.8) is 0 Å². The van der Waals surface area contributed by atoms with Crippen LogP contribution in [0.3, 0.4) is 0 Å². The van der Waals surface area contributed by atoms with Gasteiger partial charge in [-0.1, -0.05) is 97.1 Å². The van der Waals surface area contributed by atoms with Gasteiger partial charge in [0, 0.05) is 27.6 Å². The second-order valence-corrected chi connectivity index (χ2v) is 12.1. The van der Waals surface area contributed by atoms with Crippen LogP contribution in [0.25, 0.3) is 43.1 Å². The Morgan fingerprint density at radius 3 is 1.10 bits per heavy atom. The van der Waals surface area contributed by atoms with Crippen LogP contribution in [-0.4, -0.2) is 37.5 Å². The van der Waals surface area contributed by atoms with Crippen LogP contribution in [-0.2, 0) is 0 Å². The molecule has 0 aliphatic carbocycles. The van der Waals surface area contributed by atoms with E-state index in [1.807, 2.05) is 48.5 Å². The van der Waals surface area contributed by atoms with Crippen molar-refractivity contribution in [1.29, 1.82) is 0 Å². The molecule has 246 valence electrons. The maximum absolute atomic E-state index is 11.8. The SMILES string of the molecule is O=C(O)c1cc(OCCCCOc2c3ccccc3cc3ccccc23)cc(OCCCCOc2c3ccccc3cc3ccccc23)c1. The van der Waals surface area contributed by atoms with E-state index in [9.17, 15) is 9.90 Å². The van der Waals surface area contributed by atoms with Crippen molar-refractivity contribution in [1.82, 2.24) is 0 Å². The molecular formula is C43H38O6. The maximum Gasteiger partial charge on any atom is 0.335 e. The molecule has 0 aliphatic heterocycles. The summed E-state index contributed by atoms with van der Waals surface area (Å²) in [5, 5.41) is 18.7. The zero-order valence-electron chi connectivity index (χ0n) is 27.3. The molecule has 6 heteroatoms. The topological polar surface area (TPSA) is 74.2 Å². The molecule has 0 unspecified atom stereocenters. The van der Waals surface area contributed by atoms with Crippen molar-refractivity contribution >= 4 is 49.1 Å². The van der Waals surface area contributed by atoms with Gasteiger partial charge in [0.15, 0.2) is 0 Å². The zero-order chi connectivity index (χ0) is 33.4. The minimum Gasteiger partial charge on any atom is -0.493 e. The molecule has 0 fully saturated rings. The molecule has 0 amide bonds. The molecule has 6 nitrogen and oxygen atoms in total. The monoisotopic (exact) mass is 650 g/mol. The Labute approximate surface area is 285 Å². The lowest BCUT2D eigenvalue weighted by Crippen LogP contribution is -2.06. The summed E-state index contributed by atoms with van der Waals surface area (Å²) in [4.78, 5) is 11.8. The third-order valence-corrected chi connectivity index (χ3v) is 8.68. The number of ether oxygens (including phenoxy) is 4. The Kier molecular flexibility index (Phi) is 9.74. The van der Waals surface area contributed by atoms with E-state index in [0.29, 0.717) is 37.9 Å². The van der Waals surface area contributed by atoms with Gasteiger partial charge in [0.2, 0.25) is 0 Å². The van der Waals surface area contributed by atoms with E-state index < -0.39 is 5.97 Å². The normalized spacial score (nSPS) is 11.3. The van der Waals surface area contributed by atoms with Crippen LogP contribution >= 0.6 is 0 Å². The van der Waals surface area contributed by atoms with E-state index >= 15 is 0 Å². The van der Waals surface area contributed by atoms with Gasteiger partial charge in [-0.05, 0) is 71.5 Å². The van der Waals surface area contributed by atoms with E-state index in [1.165, 1.54) is 12.1 Å². The number of hydrogen-bond acceptors (Lipinski definition) is 5. The van der Waals surface area contributed by atoms with Crippen LogP contribution < -0.4 is 18.9 Å². The summed E-state index contributed by atoms with van der Waals surface area (Å²) in [5.41, 5.74) is 0.129. The number of fused-ring (bicyclic) bond motifs is 4. The summed E-state index contributed by atoms with van der Waals surface area (Å²) in [6, 6.07) is 42.3. The van der Waals surface area contributed by atoms with E-state index in [2.05, 4.69) is 60.7 Å². The molecule has 0 bridgehead atoms. The van der Waals surface area contributed by atoms with Gasteiger partial charge in [0.1, 0.15) is 23.0 Å². The molecule has 7 aromatic rings. The second kappa shape index (κ2) is 15.0. The van der Waals surface area contributed by atoms with Crippen LogP contribution in [0.15, 0.2) is 127 Å². The fourth-order valence-electron chi connectivity index (χ4n) is 6.25. The highest BCUT2D eigenvalue weighted by atomic mass is 16.5. The molecule has 0 heterocycles. The molecule has 7 aromatic carbocycles. The summed E-state index contributed by atoms with van der Waals surface area (Å²) < 4.78 is 24.6. The summed E-state index contributed by atoms with van der Waals surface area (Å²) in [5.74, 6) is 1.73. The average Bonchev–Trinajstić information content (AvgIpc) is 3.13. The number of carboxylic acids is 1. The Morgan fingerprint density at radius 2 is 0.755 bits per heavy atom. The highest BCUT2D eigenvalue weighted by Crippen LogP contribution is 2.36. The third kappa shape index (κ3) is 7.39. The number of hydrogen-bond donors (Lipinski definition) is 1. The van der Waals surface area contributed by atoms with Crippen molar-refractivity contribution in [2.24, 2.45) is 0 Å². The molecule has 0 aliphatic rings. The Morgan fingerprint density at radius 1 is 0.429 bits per heavy atom. The van der Waals surface area contributed by atoms with Gasteiger partial charge in [-0.3, -0.25) is 0 Å². The smallest absolute Gasteiger partial charge is 0.335 e. The summed E-state index contributed by atoms with van der Waals surface area (Å²) in [6.45, 7) is 1.96. The van der Waals surface area contributed by atoms with Gasteiger partial charge >= 0.3 is 5.97 Å². The molecule has 0 radical (unpaired) electrons. The van der Waals surface area contributed by atoms with Crippen LogP contribution in [0, 0.1) is 0 Å². The van der Waals surface area contributed by atoms with E-state index in [4.69, 9.17) is 18.9 Å². The Hall–Kier alpha value is -5.75. The maximum atomic E-state index is 11.8. The first-order valence-corrected chi connectivity index (χ1v) is 16.8. The lowest BCUT2D eigenvalue weighted by molar-refractivity contribution is 0.0695. The van der Waals surface area contributed by atoms with Crippen molar-refractivity contribution in [2.45, 2.75) is 25.7 Å². The molecule has 7 rings (SSSR count). The van der Waals surface area contributed by atoms with Crippen molar-refractivity contribution in [2.75, 3.05) is 26.4 Å². The minimum atomic E-state index is -1.03. The van der Waals surface area contributed by atoms with E-state index in [-0.39, 0.29) is 5.56 Å². The van der Waals surface area contributed by atoms with Gasteiger partial charge in [-0.25, -0.2) is 4.79 Å². The van der Waals surface area contributed by atoms with Gasteiger partial charge in [-0.2, -0.15) is 0 Å². The third-order valence-electron chi connectivity index (χ3n) is 8.68. The quantitative estimate of drug-likeness (QED) is 0.0879. The lowest BCUT2D eigenvalue weighted by atomic mass is 10.0. The molecule has 0 saturated carbocycles. The van der Waals surface area contributed by atoms with Gasteiger partial charge in [0.05, 0.1) is 32.0 Å². The Balaban J connectivity index is 0.895. The van der Waals surface area contributed by atoms with E-state index in [1.54, 1.807) is 6.07 Å². The Bertz CT molecular complexity index is 1980. The van der Waals surface area contributed by atoms with Crippen LogP contribution in [0.5, 0.6) is 23.0 Å². The summed E-state index contributed by atoms with van der Waals surface area (Å²) in [6.07, 6.45) is 3.08. The fraction of sp³-hybridized carbons (Fsp3) is 0.186. The number of carbonyl (C=O) groups is 1. The molecule has 0 aromatic heterocycles. The van der Waals surface area contributed by atoms with Crippen LogP contribution in [0.4, 0.5) is 0 Å². The van der Waals surface area contributed by atoms with Crippen LogP contribution in [0.2, 0.25) is 0 Å². The average molecular weight is 651 g/mol. The molecule has 0 spiro atoms. The summed E-state index contributed by atoms with van der Waals surface area (Å²) >= 11 is 0. The number of carboxylic acid groups (broad SMARTS) is 1. The number of benzene rings is 7. The minimum absolute atomic E-state index is 0.129. The highest BCUT2D eigenvalue weighted by molar-refractivity contribution is 6.06. The molecule has 0 atom stereocenters. The second-order valence-electron chi connectivity index (χ2n) is 12.1. The number of unbranched alkanes of at least 4 members (excludes halogenated alkanes) is 2. The predicted octanol–water partition coefficient (Wildman–Crippen LogP) is 10.5. The van der Waals surface area contributed by atoms with E-state index in [0.717, 1.165) is 80.3 Å². The van der Waals surface area contributed by atoms with Crippen molar-refractivity contribution in [3.05, 3.63) is 133 Å². The van der Waals surface area contributed by atoms with Gasteiger partial charge < -0.3 is 24.1 Å². The molecule has 1 N–H and O–H groups in total. The standard InChI is InChI=1S/C43H38O6/c44-43(45)34-27-35(46-21-9-11-23-48-41-37-17-5-1-13-30(37)25-31-14-2-6-18-38(31)41)29-36(28-34)47-22-10-12-24-49-42-39-19-7-3-15-32(39)26-33-16-4-8-20-40(33)42/h1-8,13-20,25-29H,9-12,21-24H2,(H,44,45).